The molecule has 2 rings (SSSR count). The van der Waals surface area contributed by atoms with Gasteiger partial charge in [0.25, 0.3) is 5.56 Å². The van der Waals surface area contributed by atoms with Gasteiger partial charge in [-0.25, -0.2) is 4.79 Å². The van der Waals surface area contributed by atoms with Crippen molar-refractivity contribution in [2.24, 2.45) is 0 Å². The first kappa shape index (κ1) is 12.1. The number of nitrogens with one attached hydrogen (secondary N) is 1. The van der Waals surface area contributed by atoms with Crippen LogP contribution in [0.3, 0.4) is 0 Å². The highest BCUT2D eigenvalue weighted by Crippen LogP contribution is 2.17. The second kappa shape index (κ2) is 5.31. The van der Waals surface area contributed by atoms with Crippen LogP contribution in [0.15, 0.2) is 21.9 Å². The van der Waals surface area contributed by atoms with Crippen molar-refractivity contribution in [1.82, 2.24) is 14.5 Å². The first-order chi connectivity index (χ1) is 8.22. The van der Waals surface area contributed by atoms with Gasteiger partial charge in [-0.05, 0) is 19.3 Å². The molecule has 5 heteroatoms. The average molecular weight is 237 g/mol. The van der Waals surface area contributed by atoms with E-state index >= 15 is 0 Å². The van der Waals surface area contributed by atoms with Gasteiger partial charge in [-0.2, -0.15) is 0 Å². The molecule has 17 heavy (non-hydrogen) atoms. The van der Waals surface area contributed by atoms with Crippen molar-refractivity contribution >= 4 is 0 Å². The molecule has 0 radical (unpaired) electrons. The lowest BCUT2D eigenvalue weighted by atomic mass is 10.4. The van der Waals surface area contributed by atoms with E-state index in [9.17, 15) is 9.59 Å². The van der Waals surface area contributed by atoms with E-state index < -0.39 is 0 Å². The van der Waals surface area contributed by atoms with E-state index in [0.717, 1.165) is 6.42 Å². The van der Waals surface area contributed by atoms with Crippen molar-refractivity contribution in [1.29, 1.82) is 0 Å². The molecule has 5 nitrogen and oxygen atoms in total. The van der Waals surface area contributed by atoms with Gasteiger partial charge < -0.3 is 9.88 Å². The number of aryl methyl sites for hydroxylation is 1. The van der Waals surface area contributed by atoms with Crippen molar-refractivity contribution in [2.75, 3.05) is 6.54 Å². The first-order valence-corrected chi connectivity index (χ1v) is 6.26. The summed E-state index contributed by atoms with van der Waals surface area (Å²) in [7, 11) is 0. The van der Waals surface area contributed by atoms with Crippen LogP contribution in [0.5, 0.6) is 0 Å². The molecule has 0 aliphatic heterocycles. The third-order valence-electron chi connectivity index (χ3n) is 2.95. The lowest BCUT2D eigenvalue weighted by molar-refractivity contribution is 0.519. The largest absolute Gasteiger partial charge is 0.331 e. The van der Waals surface area contributed by atoms with E-state index in [1.807, 2.05) is 6.92 Å². The van der Waals surface area contributed by atoms with Crippen LogP contribution in [-0.2, 0) is 13.1 Å². The molecule has 1 heterocycles. The summed E-state index contributed by atoms with van der Waals surface area (Å²) >= 11 is 0. The molecule has 0 bridgehead atoms. The maximum absolute atomic E-state index is 12.0. The van der Waals surface area contributed by atoms with Gasteiger partial charge in [-0.15, -0.1) is 0 Å². The smallest absolute Gasteiger partial charge is 0.312 e. The van der Waals surface area contributed by atoms with Gasteiger partial charge in [-0.1, -0.05) is 6.92 Å². The van der Waals surface area contributed by atoms with Crippen LogP contribution < -0.4 is 16.6 Å². The highest BCUT2D eigenvalue weighted by molar-refractivity contribution is 4.87. The molecule has 1 fully saturated rings. The lowest BCUT2D eigenvalue weighted by Crippen LogP contribution is -2.41. The minimum atomic E-state index is -0.208. The fourth-order valence-corrected chi connectivity index (χ4v) is 1.84. The van der Waals surface area contributed by atoms with Crippen molar-refractivity contribution in [2.45, 2.75) is 45.3 Å². The Hall–Kier alpha value is -1.36. The molecule has 1 aliphatic rings. The third kappa shape index (κ3) is 3.06. The fourth-order valence-electron chi connectivity index (χ4n) is 1.84. The van der Waals surface area contributed by atoms with Crippen molar-refractivity contribution < 1.29 is 0 Å². The fraction of sp³-hybridized carbons (Fsp3) is 0.667. The molecule has 0 aromatic carbocycles. The molecule has 1 aromatic rings. The first-order valence-electron chi connectivity index (χ1n) is 6.26. The van der Waals surface area contributed by atoms with Gasteiger partial charge in [0.05, 0.1) is 0 Å². The third-order valence-corrected chi connectivity index (χ3v) is 2.95. The summed E-state index contributed by atoms with van der Waals surface area (Å²) in [5.74, 6) is 0. The van der Waals surface area contributed by atoms with Crippen LogP contribution in [0, 0.1) is 0 Å². The number of nitrogens with zero attached hydrogens (tertiary/aromatic N) is 2. The van der Waals surface area contributed by atoms with Crippen LogP contribution in [0.25, 0.3) is 0 Å². The summed E-state index contributed by atoms with van der Waals surface area (Å²) in [6.45, 7) is 3.82. The molecule has 1 aromatic heterocycles. The molecule has 0 amide bonds. The summed E-state index contributed by atoms with van der Waals surface area (Å²) in [5, 5.41) is 3.30. The van der Waals surface area contributed by atoms with Crippen LogP contribution >= 0.6 is 0 Å². The van der Waals surface area contributed by atoms with Gasteiger partial charge in [0, 0.05) is 37.9 Å². The number of aromatic nitrogens is 2. The average Bonchev–Trinajstić information content (AvgIpc) is 3.11. The predicted octanol–water partition coefficient (Wildman–Crippen LogP) is 0.172. The van der Waals surface area contributed by atoms with Crippen LogP contribution in [0.1, 0.15) is 26.2 Å². The van der Waals surface area contributed by atoms with E-state index in [1.54, 1.807) is 10.8 Å². The Kier molecular flexibility index (Phi) is 3.78. The monoisotopic (exact) mass is 237 g/mol. The van der Waals surface area contributed by atoms with E-state index in [2.05, 4.69) is 5.32 Å². The maximum Gasteiger partial charge on any atom is 0.331 e. The molecule has 1 saturated carbocycles. The van der Waals surface area contributed by atoms with Gasteiger partial charge in [0.15, 0.2) is 0 Å². The zero-order valence-corrected chi connectivity index (χ0v) is 10.2. The van der Waals surface area contributed by atoms with Crippen molar-refractivity contribution in [3.8, 4) is 0 Å². The van der Waals surface area contributed by atoms with Crippen LogP contribution in [-0.4, -0.2) is 21.7 Å². The number of hydrogen-bond donors (Lipinski definition) is 1. The highest BCUT2D eigenvalue weighted by Gasteiger charge is 2.19. The minimum Gasteiger partial charge on any atom is -0.312 e. The normalized spacial score (nSPS) is 15.1. The van der Waals surface area contributed by atoms with Crippen LogP contribution in [0.2, 0.25) is 0 Å². The molecule has 0 unspecified atom stereocenters. The van der Waals surface area contributed by atoms with Crippen molar-refractivity contribution in [3.05, 3.63) is 33.1 Å². The highest BCUT2D eigenvalue weighted by atomic mass is 16.2. The van der Waals surface area contributed by atoms with Crippen molar-refractivity contribution in [3.63, 3.8) is 0 Å². The van der Waals surface area contributed by atoms with E-state index in [4.69, 9.17) is 0 Å². The summed E-state index contributed by atoms with van der Waals surface area (Å²) in [6.07, 6.45) is 4.89. The number of hydrogen-bond acceptors (Lipinski definition) is 3. The van der Waals surface area contributed by atoms with E-state index in [0.29, 0.717) is 25.7 Å². The quantitative estimate of drug-likeness (QED) is 0.767. The summed E-state index contributed by atoms with van der Waals surface area (Å²) in [5.41, 5.74) is -0.406. The summed E-state index contributed by atoms with van der Waals surface area (Å²) in [4.78, 5) is 23.6. The van der Waals surface area contributed by atoms with Gasteiger partial charge in [0.2, 0.25) is 0 Å². The SMILES string of the molecule is CCCn1ccc(=O)n(CCNC2CC2)c1=O. The Morgan fingerprint density at radius 2 is 2.12 bits per heavy atom. The molecule has 0 spiro atoms. The Labute approximate surface area is 100 Å². The van der Waals surface area contributed by atoms with Crippen LogP contribution in [0.4, 0.5) is 0 Å². The van der Waals surface area contributed by atoms with Gasteiger partial charge in [0.1, 0.15) is 0 Å². The Morgan fingerprint density at radius 3 is 2.76 bits per heavy atom. The second-order valence-electron chi connectivity index (χ2n) is 4.51. The molecule has 1 N–H and O–H groups in total. The number of rotatable bonds is 6. The predicted molar refractivity (Wildman–Crippen MR) is 66.3 cm³/mol. The molecule has 0 saturated heterocycles. The zero-order valence-electron chi connectivity index (χ0n) is 10.2. The Morgan fingerprint density at radius 1 is 1.35 bits per heavy atom. The lowest BCUT2D eigenvalue weighted by Gasteiger charge is -2.09. The Bertz CT molecular complexity index is 485. The molecule has 94 valence electrons. The molecular weight excluding hydrogens is 218 g/mol. The standard InChI is InChI=1S/C12H19N3O2/c1-2-7-14-8-5-11(16)15(12(14)17)9-6-13-10-3-4-10/h5,8,10,13H,2-4,6-7,9H2,1H3. The minimum absolute atomic E-state index is 0.197. The van der Waals surface area contributed by atoms with E-state index in [-0.39, 0.29) is 11.2 Å². The van der Waals surface area contributed by atoms with Gasteiger partial charge in [-0.3, -0.25) is 9.36 Å². The molecule has 0 atom stereocenters. The van der Waals surface area contributed by atoms with E-state index in [1.165, 1.54) is 23.5 Å². The maximum atomic E-state index is 12.0. The zero-order chi connectivity index (χ0) is 12.3. The molecular formula is C12H19N3O2. The van der Waals surface area contributed by atoms with Gasteiger partial charge >= 0.3 is 5.69 Å². The summed E-state index contributed by atoms with van der Waals surface area (Å²) < 4.78 is 2.91. The summed E-state index contributed by atoms with van der Waals surface area (Å²) in [6, 6.07) is 2.07. The second-order valence-corrected chi connectivity index (χ2v) is 4.51. The topological polar surface area (TPSA) is 56.0 Å². The Balaban J connectivity index is 2.09. The molecule has 1 aliphatic carbocycles.